The molecule has 1 N–H and O–H groups in total. The highest BCUT2D eigenvalue weighted by Crippen LogP contribution is 2.10. The van der Waals surface area contributed by atoms with Crippen LogP contribution >= 0.6 is 0 Å². The maximum atomic E-state index is 10.2. The van der Waals surface area contributed by atoms with Gasteiger partial charge in [-0.1, -0.05) is 58.3 Å². The molecule has 0 bridgehead atoms. The van der Waals surface area contributed by atoms with Crippen LogP contribution in [0.1, 0.15) is 71.1 Å². The normalized spacial score (nSPS) is 9.67. The molecule has 0 aromatic rings. The van der Waals surface area contributed by atoms with Crippen LogP contribution in [-0.2, 0) is 4.79 Å². The van der Waals surface area contributed by atoms with Crippen LogP contribution in [0.25, 0.3) is 0 Å². The molecule has 2 heteroatoms. The van der Waals surface area contributed by atoms with Crippen LogP contribution < -0.4 is 0 Å². The monoisotopic (exact) mass is 212 g/mol. The van der Waals surface area contributed by atoms with E-state index < -0.39 is 5.97 Å². The molecule has 0 fully saturated rings. The van der Waals surface area contributed by atoms with Crippen molar-refractivity contribution in [3.63, 3.8) is 0 Å². The lowest BCUT2D eigenvalue weighted by Gasteiger charge is -2.00. The molecule has 0 aliphatic carbocycles. The molecule has 0 aromatic heterocycles. The first-order valence-electron chi connectivity index (χ1n) is 5.99. The fourth-order valence-electron chi connectivity index (χ4n) is 1.59. The Labute approximate surface area is 95.1 Å². The Kier molecular flexibility index (Phi) is 15.2. The summed E-state index contributed by atoms with van der Waals surface area (Å²) in [6, 6.07) is 0. The minimum atomic E-state index is -0.659. The average molecular weight is 212 g/mol. The zero-order valence-electron chi connectivity index (χ0n) is 9.93. The number of carboxylic acids is 1. The zero-order chi connectivity index (χ0) is 10.6. The molecule has 88 valence electrons. The predicted octanol–water partition coefficient (Wildman–Crippen LogP) is 4.07. The second-order valence-electron chi connectivity index (χ2n) is 3.97. The number of carboxylic acid groups (broad SMARTS) is 1. The summed E-state index contributed by atoms with van der Waals surface area (Å²) in [7, 11) is 0. The summed E-state index contributed by atoms with van der Waals surface area (Å²) in [5.41, 5.74) is 0. The molecule has 4 radical (unpaired) electrons. The Morgan fingerprint density at radius 2 is 1.27 bits per heavy atom. The van der Waals surface area contributed by atoms with Crippen molar-refractivity contribution in [1.82, 2.24) is 0 Å². The van der Waals surface area contributed by atoms with Crippen LogP contribution in [0.3, 0.4) is 0 Å². The SMILES string of the molecule is CCCCCCCCCCCC(=O)O.[C]. The highest BCUT2D eigenvalue weighted by Gasteiger charge is 1.96. The fourth-order valence-corrected chi connectivity index (χ4v) is 1.59. The van der Waals surface area contributed by atoms with Gasteiger partial charge in [0.25, 0.3) is 0 Å². The lowest BCUT2D eigenvalue weighted by atomic mass is 10.1. The van der Waals surface area contributed by atoms with Crippen molar-refractivity contribution >= 4 is 5.97 Å². The minimum Gasteiger partial charge on any atom is -0.481 e. The first-order chi connectivity index (χ1) is 6.77. The quantitative estimate of drug-likeness (QED) is 0.554. The van der Waals surface area contributed by atoms with Crippen LogP contribution in [0.5, 0.6) is 0 Å². The molecule has 0 saturated carbocycles. The van der Waals surface area contributed by atoms with Crippen molar-refractivity contribution in [1.29, 1.82) is 0 Å². The van der Waals surface area contributed by atoms with E-state index >= 15 is 0 Å². The molecule has 0 aromatic carbocycles. The number of unbranched alkanes of at least 4 members (excludes halogenated alkanes) is 8. The first kappa shape index (κ1) is 16.9. The Morgan fingerprint density at radius 3 is 1.67 bits per heavy atom. The largest absolute Gasteiger partial charge is 0.481 e. The maximum absolute atomic E-state index is 10.2. The van der Waals surface area contributed by atoms with Crippen LogP contribution in [0.15, 0.2) is 0 Å². The third-order valence-corrected chi connectivity index (χ3v) is 2.49. The van der Waals surface area contributed by atoms with Crippen LogP contribution in [-0.4, -0.2) is 11.1 Å². The van der Waals surface area contributed by atoms with Crippen molar-refractivity contribution in [3.8, 4) is 0 Å². The van der Waals surface area contributed by atoms with Gasteiger partial charge < -0.3 is 5.11 Å². The first-order valence-corrected chi connectivity index (χ1v) is 5.99. The third kappa shape index (κ3) is 16.2. The Hall–Kier alpha value is -0.530. The van der Waals surface area contributed by atoms with Crippen molar-refractivity contribution in [3.05, 3.63) is 7.43 Å². The van der Waals surface area contributed by atoms with E-state index in [2.05, 4.69) is 6.92 Å². The lowest BCUT2D eigenvalue weighted by molar-refractivity contribution is -0.137. The maximum Gasteiger partial charge on any atom is 0.303 e. The molecule has 0 atom stereocenters. The lowest BCUT2D eigenvalue weighted by Crippen LogP contribution is -1.93. The van der Waals surface area contributed by atoms with E-state index in [1.54, 1.807) is 0 Å². The van der Waals surface area contributed by atoms with E-state index in [0.717, 1.165) is 12.8 Å². The second kappa shape index (κ2) is 13.5. The average Bonchev–Trinajstić information content (AvgIpc) is 2.15. The highest BCUT2D eigenvalue weighted by molar-refractivity contribution is 5.66. The van der Waals surface area contributed by atoms with Crippen molar-refractivity contribution in [2.24, 2.45) is 0 Å². The van der Waals surface area contributed by atoms with E-state index in [1.807, 2.05) is 0 Å². The fraction of sp³-hybridized carbons (Fsp3) is 0.846. The van der Waals surface area contributed by atoms with Gasteiger partial charge in [0.15, 0.2) is 0 Å². The molecular weight excluding hydrogens is 188 g/mol. The van der Waals surface area contributed by atoms with E-state index in [-0.39, 0.29) is 7.43 Å². The van der Waals surface area contributed by atoms with Gasteiger partial charge in [0, 0.05) is 13.8 Å². The van der Waals surface area contributed by atoms with Crippen molar-refractivity contribution in [2.45, 2.75) is 71.1 Å². The number of rotatable bonds is 10. The zero-order valence-corrected chi connectivity index (χ0v) is 9.93. The molecule has 15 heavy (non-hydrogen) atoms. The molecule has 0 saturated heterocycles. The summed E-state index contributed by atoms with van der Waals surface area (Å²) >= 11 is 0. The second-order valence-corrected chi connectivity index (χ2v) is 3.97. The van der Waals surface area contributed by atoms with E-state index in [4.69, 9.17) is 5.11 Å². The molecule has 2 nitrogen and oxygen atoms in total. The third-order valence-electron chi connectivity index (χ3n) is 2.49. The van der Waals surface area contributed by atoms with Crippen LogP contribution in [0, 0.1) is 7.43 Å². The molecule has 0 aliphatic heterocycles. The van der Waals surface area contributed by atoms with Gasteiger partial charge in [-0.25, -0.2) is 0 Å². The molecule has 0 spiro atoms. The number of carbonyl (C=O) groups is 1. The molecule has 0 heterocycles. The number of hydrogen-bond acceptors (Lipinski definition) is 1. The molecule has 0 aliphatic rings. The summed E-state index contributed by atoms with van der Waals surface area (Å²) in [4.78, 5) is 10.2. The van der Waals surface area contributed by atoms with Gasteiger partial charge in [-0.15, -0.1) is 0 Å². The number of aliphatic carboxylic acids is 1. The van der Waals surface area contributed by atoms with Gasteiger partial charge in [-0.3, -0.25) is 4.79 Å². The summed E-state index contributed by atoms with van der Waals surface area (Å²) < 4.78 is 0. The predicted molar refractivity (Wildman–Crippen MR) is 62.7 cm³/mol. The summed E-state index contributed by atoms with van der Waals surface area (Å²) in [6.45, 7) is 2.23. The van der Waals surface area contributed by atoms with E-state index in [9.17, 15) is 4.79 Å². The van der Waals surface area contributed by atoms with Gasteiger partial charge in [-0.2, -0.15) is 0 Å². The van der Waals surface area contributed by atoms with Crippen LogP contribution in [0.4, 0.5) is 0 Å². The Morgan fingerprint density at radius 1 is 0.867 bits per heavy atom. The molecule has 0 rings (SSSR count). The molecule has 0 amide bonds. The van der Waals surface area contributed by atoms with Gasteiger partial charge in [0.05, 0.1) is 0 Å². The summed E-state index contributed by atoms with van der Waals surface area (Å²) in [6.07, 6.45) is 11.5. The minimum absolute atomic E-state index is 0. The topological polar surface area (TPSA) is 37.3 Å². The molecular formula is C13H24O2. The van der Waals surface area contributed by atoms with Gasteiger partial charge >= 0.3 is 5.97 Å². The number of hydrogen-bond donors (Lipinski definition) is 1. The van der Waals surface area contributed by atoms with Gasteiger partial charge in [0.2, 0.25) is 0 Å². The van der Waals surface area contributed by atoms with Crippen molar-refractivity contribution < 1.29 is 9.90 Å². The Balaban J connectivity index is 0. The summed E-state index contributed by atoms with van der Waals surface area (Å²) in [5, 5.41) is 8.41. The molecule has 0 unspecified atom stereocenters. The van der Waals surface area contributed by atoms with Gasteiger partial charge in [-0.05, 0) is 6.42 Å². The highest BCUT2D eigenvalue weighted by atomic mass is 16.4. The van der Waals surface area contributed by atoms with Crippen LogP contribution in [0.2, 0.25) is 0 Å². The van der Waals surface area contributed by atoms with Gasteiger partial charge in [0.1, 0.15) is 0 Å². The van der Waals surface area contributed by atoms with E-state index in [0.29, 0.717) is 6.42 Å². The standard InChI is InChI=1S/C12H24O2.C/c1-2-3-4-5-6-7-8-9-10-11-12(13)14;/h2-11H2,1H3,(H,13,14);. The Bertz CT molecular complexity index is 132. The van der Waals surface area contributed by atoms with Crippen molar-refractivity contribution in [2.75, 3.05) is 0 Å². The smallest absolute Gasteiger partial charge is 0.303 e. The summed E-state index contributed by atoms with van der Waals surface area (Å²) in [5.74, 6) is -0.659. The van der Waals surface area contributed by atoms with E-state index in [1.165, 1.54) is 44.9 Å².